The topological polar surface area (TPSA) is 37.9 Å². The van der Waals surface area contributed by atoms with Crippen LogP contribution in [0.5, 0.6) is 5.75 Å². The van der Waals surface area contributed by atoms with Gasteiger partial charge in [0.25, 0.3) is 0 Å². The first-order valence-corrected chi connectivity index (χ1v) is 6.78. The van der Waals surface area contributed by atoms with Crippen LogP contribution in [0, 0.1) is 12.7 Å². The summed E-state index contributed by atoms with van der Waals surface area (Å²) in [6.45, 7) is 1.02. The molecule has 23 heavy (non-hydrogen) atoms. The smallest absolute Gasteiger partial charge is 0.420 e. The summed E-state index contributed by atoms with van der Waals surface area (Å²) in [6.07, 6.45) is -3.60. The Morgan fingerprint density at radius 3 is 2.52 bits per heavy atom. The van der Waals surface area contributed by atoms with Gasteiger partial charge in [0.15, 0.2) is 5.82 Å². The second kappa shape index (κ2) is 5.57. The quantitative estimate of drug-likeness (QED) is 0.715. The number of H-pyrrole nitrogens is 1. The van der Waals surface area contributed by atoms with Crippen LogP contribution >= 0.6 is 0 Å². The van der Waals surface area contributed by atoms with Gasteiger partial charge in [-0.15, -0.1) is 0 Å². The van der Waals surface area contributed by atoms with E-state index in [-0.39, 0.29) is 17.5 Å². The molecule has 3 nitrogen and oxygen atoms in total. The number of alkyl halides is 3. The molecule has 3 rings (SSSR count). The Bertz CT molecular complexity index is 841. The molecule has 1 N–H and O–H groups in total. The van der Waals surface area contributed by atoms with Gasteiger partial charge >= 0.3 is 6.18 Å². The van der Waals surface area contributed by atoms with Gasteiger partial charge in [0.05, 0.1) is 11.6 Å². The maximum absolute atomic E-state index is 14.1. The van der Waals surface area contributed by atoms with E-state index in [0.29, 0.717) is 5.56 Å². The lowest BCUT2D eigenvalue weighted by Crippen LogP contribution is -2.13. The lowest BCUT2D eigenvalue weighted by molar-refractivity contribution is -0.139. The molecule has 0 saturated heterocycles. The van der Waals surface area contributed by atoms with Gasteiger partial charge in [0.2, 0.25) is 0 Å². The number of aromatic nitrogens is 2. The monoisotopic (exact) mass is 324 g/mol. The van der Waals surface area contributed by atoms with Crippen LogP contribution in [0.25, 0.3) is 10.9 Å². The number of halogens is 4. The zero-order valence-corrected chi connectivity index (χ0v) is 12.0. The molecule has 0 bridgehead atoms. The Morgan fingerprint density at radius 1 is 1.17 bits per heavy atom. The molecule has 0 radical (unpaired) electrons. The maximum atomic E-state index is 14.1. The highest BCUT2D eigenvalue weighted by Crippen LogP contribution is 2.44. The standard InChI is InChI=1S/C16H12F4N2O/c1-9-12(16(18,19)20)15(11-7-21-22-14(11)13(9)17)23-8-10-5-3-2-4-6-10/h2-7H,8H2,1H3,(H,21,22). The van der Waals surface area contributed by atoms with Crippen LogP contribution in [0.2, 0.25) is 0 Å². The average molecular weight is 324 g/mol. The van der Waals surface area contributed by atoms with Crippen molar-refractivity contribution in [2.45, 2.75) is 19.7 Å². The molecule has 0 aliphatic heterocycles. The third-order valence-electron chi connectivity index (χ3n) is 3.54. The highest BCUT2D eigenvalue weighted by atomic mass is 19.4. The third-order valence-corrected chi connectivity index (χ3v) is 3.54. The summed E-state index contributed by atoms with van der Waals surface area (Å²) in [4.78, 5) is 0. The van der Waals surface area contributed by atoms with E-state index in [2.05, 4.69) is 10.2 Å². The van der Waals surface area contributed by atoms with E-state index in [1.807, 2.05) is 0 Å². The Labute approximate surface area is 128 Å². The lowest BCUT2D eigenvalue weighted by Gasteiger charge is -2.18. The van der Waals surface area contributed by atoms with Crippen LogP contribution in [-0.4, -0.2) is 10.2 Å². The zero-order chi connectivity index (χ0) is 16.6. The van der Waals surface area contributed by atoms with Gasteiger partial charge in [-0.2, -0.15) is 18.3 Å². The first kappa shape index (κ1) is 15.3. The van der Waals surface area contributed by atoms with Gasteiger partial charge < -0.3 is 4.74 Å². The van der Waals surface area contributed by atoms with E-state index in [0.717, 1.165) is 13.1 Å². The van der Waals surface area contributed by atoms with Crippen molar-refractivity contribution in [2.24, 2.45) is 0 Å². The van der Waals surface area contributed by atoms with E-state index in [1.165, 1.54) is 0 Å². The number of rotatable bonds is 3. The number of nitrogens with zero attached hydrogens (tertiary/aromatic N) is 1. The van der Waals surface area contributed by atoms with Crippen molar-refractivity contribution in [2.75, 3.05) is 0 Å². The molecule has 1 aromatic heterocycles. The van der Waals surface area contributed by atoms with Crippen LogP contribution in [0.15, 0.2) is 36.5 Å². The van der Waals surface area contributed by atoms with Gasteiger partial charge in [-0.1, -0.05) is 30.3 Å². The highest BCUT2D eigenvalue weighted by Gasteiger charge is 2.39. The molecule has 7 heteroatoms. The largest absolute Gasteiger partial charge is 0.487 e. The lowest BCUT2D eigenvalue weighted by atomic mass is 10.0. The van der Waals surface area contributed by atoms with Crippen molar-refractivity contribution in [3.8, 4) is 5.75 Å². The molecule has 3 aromatic rings. The third kappa shape index (κ3) is 2.74. The summed E-state index contributed by atoms with van der Waals surface area (Å²) >= 11 is 0. The van der Waals surface area contributed by atoms with Crippen LogP contribution in [0.1, 0.15) is 16.7 Å². The van der Waals surface area contributed by atoms with Crippen molar-refractivity contribution < 1.29 is 22.3 Å². The molecular weight excluding hydrogens is 312 g/mol. The fraction of sp³-hybridized carbons (Fsp3) is 0.188. The molecule has 0 unspecified atom stereocenters. The van der Waals surface area contributed by atoms with Gasteiger partial charge in [0.1, 0.15) is 23.4 Å². The molecule has 0 saturated carbocycles. The zero-order valence-electron chi connectivity index (χ0n) is 12.0. The SMILES string of the molecule is Cc1c(C(F)(F)F)c(OCc2ccccc2)c2cn[nH]c2c1F. The van der Waals surface area contributed by atoms with E-state index >= 15 is 0 Å². The summed E-state index contributed by atoms with van der Waals surface area (Å²) in [5.41, 5.74) is -1.02. The number of hydrogen-bond acceptors (Lipinski definition) is 2. The minimum atomic E-state index is -4.73. The van der Waals surface area contributed by atoms with Crippen molar-refractivity contribution in [1.29, 1.82) is 0 Å². The number of hydrogen-bond donors (Lipinski definition) is 1. The van der Waals surface area contributed by atoms with E-state index < -0.39 is 28.9 Å². The molecule has 0 atom stereocenters. The molecule has 0 fully saturated rings. The number of ether oxygens (including phenoxy) is 1. The number of aromatic amines is 1. The van der Waals surface area contributed by atoms with Crippen LogP contribution in [-0.2, 0) is 12.8 Å². The Kier molecular flexibility index (Phi) is 3.71. The number of fused-ring (bicyclic) bond motifs is 1. The Morgan fingerprint density at radius 2 is 1.87 bits per heavy atom. The molecule has 0 spiro atoms. The average Bonchev–Trinajstić information content (AvgIpc) is 2.99. The van der Waals surface area contributed by atoms with Crippen LogP contribution in [0.4, 0.5) is 17.6 Å². The van der Waals surface area contributed by atoms with Gasteiger partial charge in [-0.05, 0) is 12.5 Å². The first-order chi connectivity index (χ1) is 10.9. The van der Waals surface area contributed by atoms with Crippen molar-refractivity contribution in [1.82, 2.24) is 10.2 Å². The van der Waals surface area contributed by atoms with Crippen molar-refractivity contribution in [3.63, 3.8) is 0 Å². The summed E-state index contributed by atoms with van der Waals surface area (Å²) in [5, 5.41) is 5.97. The van der Waals surface area contributed by atoms with E-state index in [1.54, 1.807) is 30.3 Å². The second-order valence-electron chi connectivity index (χ2n) is 5.07. The Balaban J connectivity index is 2.13. The number of nitrogens with one attached hydrogen (secondary N) is 1. The number of benzene rings is 2. The Hall–Kier alpha value is -2.57. The minimum Gasteiger partial charge on any atom is -0.487 e. The van der Waals surface area contributed by atoms with Gasteiger partial charge in [0, 0.05) is 5.56 Å². The predicted octanol–water partition coefficient (Wildman–Crippen LogP) is 4.61. The molecule has 2 aromatic carbocycles. The molecule has 1 heterocycles. The van der Waals surface area contributed by atoms with E-state index in [4.69, 9.17) is 4.74 Å². The molecule has 0 aliphatic rings. The normalized spacial score (nSPS) is 11.9. The minimum absolute atomic E-state index is 0.0312. The molecule has 0 aliphatic carbocycles. The molecule has 120 valence electrons. The van der Waals surface area contributed by atoms with Crippen LogP contribution < -0.4 is 4.74 Å². The predicted molar refractivity (Wildman–Crippen MR) is 76.6 cm³/mol. The fourth-order valence-electron chi connectivity index (χ4n) is 2.45. The van der Waals surface area contributed by atoms with Crippen LogP contribution in [0.3, 0.4) is 0 Å². The highest BCUT2D eigenvalue weighted by molar-refractivity contribution is 5.88. The summed E-state index contributed by atoms with van der Waals surface area (Å²) in [6, 6.07) is 8.77. The van der Waals surface area contributed by atoms with Crippen molar-refractivity contribution in [3.05, 3.63) is 59.0 Å². The van der Waals surface area contributed by atoms with Gasteiger partial charge in [-0.25, -0.2) is 4.39 Å². The summed E-state index contributed by atoms with van der Waals surface area (Å²) in [5.74, 6) is -1.39. The maximum Gasteiger partial charge on any atom is 0.420 e. The van der Waals surface area contributed by atoms with E-state index in [9.17, 15) is 17.6 Å². The summed E-state index contributed by atoms with van der Waals surface area (Å²) < 4.78 is 59.7. The summed E-state index contributed by atoms with van der Waals surface area (Å²) in [7, 11) is 0. The van der Waals surface area contributed by atoms with Gasteiger partial charge in [-0.3, -0.25) is 5.10 Å². The fourth-order valence-corrected chi connectivity index (χ4v) is 2.45. The molecule has 0 amide bonds. The van der Waals surface area contributed by atoms with Crippen molar-refractivity contribution >= 4 is 10.9 Å². The molecular formula is C16H12F4N2O. The second-order valence-corrected chi connectivity index (χ2v) is 5.07. The first-order valence-electron chi connectivity index (χ1n) is 6.78.